The van der Waals surface area contributed by atoms with E-state index in [0.29, 0.717) is 42.6 Å². The number of fused-ring (bicyclic) bond motifs is 9. The number of hydrogen-bond acceptors (Lipinski definition) is 7. The van der Waals surface area contributed by atoms with Crippen LogP contribution in [0.3, 0.4) is 0 Å². The summed E-state index contributed by atoms with van der Waals surface area (Å²) in [5.74, 6) is -2.92. The first-order valence-corrected chi connectivity index (χ1v) is 17.1. The van der Waals surface area contributed by atoms with Gasteiger partial charge in [-0.3, -0.25) is 14.3 Å². The summed E-state index contributed by atoms with van der Waals surface area (Å²) >= 11 is 0. The van der Waals surface area contributed by atoms with E-state index in [1.807, 2.05) is 23.6 Å². The van der Waals surface area contributed by atoms with Crippen LogP contribution in [0.4, 0.5) is 20.3 Å². The van der Waals surface area contributed by atoms with E-state index >= 15 is 8.78 Å². The molecule has 1 aromatic carbocycles. The van der Waals surface area contributed by atoms with E-state index in [2.05, 4.69) is 43.8 Å². The Hall–Kier alpha value is -3.11. The number of aromatic nitrogens is 3. The van der Waals surface area contributed by atoms with Gasteiger partial charge in [0.05, 0.1) is 5.39 Å². The lowest BCUT2D eigenvalue weighted by Gasteiger charge is -2.38. The monoisotopic (exact) mass is 621 g/mol. The van der Waals surface area contributed by atoms with Gasteiger partial charge in [-0.05, 0) is 83.8 Å². The number of hydrogen-bond donors (Lipinski definition) is 1. The summed E-state index contributed by atoms with van der Waals surface area (Å²) < 4.78 is 33.6. The topological polar surface area (TPSA) is 69.5 Å². The number of piperazine rings is 1. The highest BCUT2D eigenvalue weighted by Gasteiger charge is 2.42. The average molecular weight is 622 g/mol. The van der Waals surface area contributed by atoms with Crippen molar-refractivity contribution in [2.45, 2.75) is 90.3 Å². The molecule has 2 aromatic heterocycles. The number of alkyl halides is 2. The molecule has 6 heterocycles. The molecule has 7 rings (SSSR count). The van der Waals surface area contributed by atoms with E-state index in [1.165, 1.54) is 6.33 Å². The minimum Gasteiger partial charge on any atom is -0.364 e. The zero-order valence-corrected chi connectivity index (χ0v) is 27.2. The molecule has 8 bridgehead atoms. The Morgan fingerprint density at radius 1 is 0.889 bits per heavy atom. The third kappa shape index (κ3) is 6.87. The number of pyridine rings is 1. The second-order valence-electron chi connectivity index (χ2n) is 13.6. The van der Waals surface area contributed by atoms with E-state index in [0.717, 1.165) is 88.9 Å². The van der Waals surface area contributed by atoms with Crippen LogP contribution in [0.1, 0.15) is 82.9 Å². The van der Waals surface area contributed by atoms with Crippen LogP contribution in [0.15, 0.2) is 41.5 Å². The van der Waals surface area contributed by atoms with Crippen molar-refractivity contribution in [2.75, 3.05) is 56.0 Å². The lowest BCUT2D eigenvalue weighted by Crippen LogP contribution is -2.50. The fraction of sp³-hybridized carbons (Fsp3) is 0.629. The first kappa shape index (κ1) is 31.9. The number of nitrogens with zero attached hydrogens (tertiary/aromatic N) is 6. The zero-order chi connectivity index (χ0) is 31.6. The predicted molar refractivity (Wildman–Crippen MR) is 177 cm³/mol. The van der Waals surface area contributed by atoms with Gasteiger partial charge in [0.15, 0.2) is 0 Å². The number of benzene rings is 1. The Bertz CT molecular complexity index is 1510. The quantitative estimate of drug-likeness (QED) is 0.362. The van der Waals surface area contributed by atoms with Crippen LogP contribution in [-0.2, 0) is 12.5 Å². The van der Waals surface area contributed by atoms with Gasteiger partial charge in [-0.15, -0.1) is 0 Å². The molecular formula is C35H49F2N7O. The van der Waals surface area contributed by atoms with Crippen LogP contribution >= 0.6 is 0 Å². The van der Waals surface area contributed by atoms with Crippen molar-refractivity contribution in [3.05, 3.63) is 58.1 Å². The second-order valence-corrected chi connectivity index (χ2v) is 13.6. The van der Waals surface area contributed by atoms with E-state index in [1.54, 1.807) is 18.2 Å². The van der Waals surface area contributed by atoms with Crippen LogP contribution in [-0.4, -0.2) is 76.2 Å². The highest BCUT2D eigenvalue weighted by molar-refractivity contribution is 5.89. The third-order valence-corrected chi connectivity index (χ3v) is 10.3. The molecule has 8 nitrogen and oxygen atoms in total. The number of anilines is 2. The van der Waals surface area contributed by atoms with Gasteiger partial charge in [0.1, 0.15) is 23.5 Å². The van der Waals surface area contributed by atoms with Gasteiger partial charge in [-0.1, -0.05) is 37.5 Å². The largest absolute Gasteiger partial charge is 0.364 e. The number of rotatable bonds is 2. The Labute approximate surface area is 265 Å². The highest BCUT2D eigenvalue weighted by Crippen LogP contribution is 2.42. The molecular weight excluding hydrogens is 572 g/mol. The first-order valence-electron chi connectivity index (χ1n) is 17.1. The van der Waals surface area contributed by atoms with Crippen LogP contribution in [0.5, 0.6) is 0 Å². The summed E-state index contributed by atoms with van der Waals surface area (Å²) in [6.45, 7) is 12.8. The molecule has 1 N–H and O–H groups in total. The summed E-state index contributed by atoms with van der Waals surface area (Å²) in [6.07, 6.45) is 7.73. The minimum absolute atomic E-state index is 0.00453. The fourth-order valence-electron chi connectivity index (χ4n) is 7.39. The fourth-order valence-corrected chi connectivity index (χ4v) is 7.39. The Morgan fingerprint density at radius 3 is 2.33 bits per heavy atom. The molecule has 0 unspecified atom stereocenters. The minimum atomic E-state index is -2.88. The van der Waals surface area contributed by atoms with Crippen molar-refractivity contribution in [3.63, 3.8) is 0 Å². The van der Waals surface area contributed by atoms with Gasteiger partial charge in [0, 0.05) is 56.3 Å². The molecule has 45 heavy (non-hydrogen) atoms. The zero-order valence-electron chi connectivity index (χ0n) is 27.2. The van der Waals surface area contributed by atoms with Gasteiger partial charge in [-0.25, -0.2) is 18.7 Å². The molecule has 2 fully saturated rings. The van der Waals surface area contributed by atoms with Gasteiger partial charge in [-0.2, -0.15) is 0 Å². The van der Waals surface area contributed by atoms with Crippen molar-refractivity contribution < 1.29 is 8.78 Å². The molecule has 2 saturated heterocycles. The SMILES string of the molecule is CC(C)N1CCN(c2cc3c4ncnc3n(c2=O)CCCCCCCN2CCC(CC2)C(F)(F)c2cccc(c2)[C@@H](C)N4)CC1. The van der Waals surface area contributed by atoms with E-state index < -0.39 is 11.8 Å². The van der Waals surface area contributed by atoms with Crippen molar-refractivity contribution >= 4 is 22.5 Å². The maximum absolute atomic E-state index is 15.9. The normalized spacial score (nSPS) is 25.3. The number of nitrogens with one attached hydrogen (secondary N) is 1. The van der Waals surface area contributed by atoms with Crippen LogP contribution < -0.4 is 15.8 Å². The van der Waals surface area contributed by atoms with E-state index in [9.17, 15) is 4.79 Å². The van der Waals surface area contributed by atoms with Crippen molar-refractivity contribution in [1.29, 1.82) is 0 Å². The van der Waals surface area contributed by atoms with E-state index in [-0.39, 0.29) is 17.2 Å². The summed E-state index contributed by atoms with van der Waals surface area (Å²) in [5, 5.41) is 4.29. The lowest BCUT2D eigenvalue weighted by molar-refractivity contribution is -0.0855. The molecule has 244 valence electrons. The van der Waals surface area contributed by atoms with Crippen molar-refractivity contribution in [1.82, 2.24) is 24.3 Å². The molecule has 3 aromatic rings. The molecule has 1 atom stereocenters. The molecule has 0 spiro atoms. The maximum atomic E-state index is 15.9. The number of aryl methyl sites for hydroxylation is 1. The van der Waals surface area contributed by atoms with Crippen molar-refractivity contribution in [2.24, 2.45) is 5.92 Å². The van der Waals surface area contributed by atoms with Gasteiger partial charge >= 0.3 is 0 Å². The summed E-state index contributed by atoms with van der Waals surface area (Å²) in [4.78, 5) is 30.3. The molecule has 10 heteroatoms. The first-order chi connectivity index (χ1) is 21.7. The average Bonchev–Trinajstić information content (AvgIpc) is 3.05. The van der Waals surface area contributed by atoms with E-state index in [4.69, 9.17) is 0 Å². The molecule has 0 radical (unpaired) electrons. The Balaban J connectivity index is 1.37. The van der Waals surface area contributed by atoms with Crippen LogP contribution in [0.2, 0.25) is 0 Å². The molecule has 0 aliphatic carbocycles. The van der Waals surface area contributed by atoms with Gasteiger partial charge < -0.3 is 15.1 Å². The summed E-state index contributed by atoms with van der Waals surface area (Å²) in [5.41, 5.74) is 2.16. The molecule has 4 aliphatic heterocycles. The van der Waals surface area contributed by atoms with Gasteiger partial charge in [0.25, 0.3) is 11.5 Å². The van der Waals surface area contributed by atoms with Crippen molar-refractivity contribution in [3.8, 4) is 0 Å². The standard InChI is InChI=1S/C35H49F2N7O/c1-25(2)42-18-20-43(21-19-42)31-23-30-32-38-24-39-33(30)44(34(31)45)15-8-6-4-5-7-14-41-16-12-28(13-17-41)35(36,37)29-11-9-10-27(22-29)26(3)40-32/h9-11,22-26,28H,4-8,12-21H2,1-3H3,(H,38,39,40)/t26-/m1/s1. The van der Waals surface area contributed by atoms with Crippen LogP contribution in [0.25, 0.3) is 11.0 Å². The molecule has 0 saturated carbocycles. The smallest absolute Gasteiger partial charge is 0.276 e. The highest BCUT2D eigenvalue weighted by atomic mass is 19.3. The summed E-state index contributed by atoms with van der Waals surface area (Å²) in [7, 11) is 0. The number of halogens is 2. The molecule has 4 aliphatic rings. The lowest BCUT2D eigenvalue weighted by atomic mass is 9.85. The Kier molecular flexibility index (Phi) is 9.71. The second kappa shape index (κ2) is 13.7. The summed E-state index contributed by atoms with van der Waals surface area (Å²) in [6, 6.07) is 9.00. The van der Waals surface area contributed by atoms with Gasteiger partial charge in [0.2, 0.25) is 0 Å². The number of piperidine rings is 1. The Morgan fingerprint density at radius 2 is 1.60 bits per heavy atom. The van der Waals surface area contributed by atoms with Crippen LogP contribution in [0, 0.1) is 5.92 Å². The third-order valence-electron chi connectivity index (χ3n) is 10.3. The predicted octanol–water partition coefficient (Wildman–Crippen LogP) is 6.26. The molecule has 0 amide bonds. The maximum Gasteiger partial charge on any atom is 0.276 e.